The average Bonchev–Trinajstić information content (AvgIpc) is 2.34. The molecule has 0 bridgehead atoms. The molecule has 0 aromatic heterocycles. The van der Waals surface area contributed by atoms with Crippen molar-refractivity contribution in [2.75, 3.05) is 6.61 Å². The minimum absolute atomic E-state index is 0.186. The van der Waals surface area contributed by atoms with E-state index in [-0.39, 0.29) is 6.61 Å². The number of carboxylic acids is 1. The highest BCUT2D eigenvalue weighted by molar-refractivity contribution is 5.84. The molecule has 1 amide bonds. The van der Waals surface area contributed by atoms with Crippen molar-refractivity contribution in [2.24, 2.45) is 0 Å². The Morgan fingerprint density at radius 1 is 1.25 bits per heavy atom. The van der Waals surface area contributed by atoms with Gasteiger partial charge in [-0.05, 0) is 38.3 Å². The van der Waals surface area contributed by atoms with Crippen molar-refractivity contribution in [3.63, 3.8) is 0 Å². The summed E-state index contributed by atoms with van der Waals surface area (Å²) in [5.41, 5.74) is 3.05. The van der Waals surface area contributed by atoms with E-state index in [9.17, 15) is 9.59 Å². The second-order valence-corrected chi connectivity index (χ2v) is 4.88. The van der Waals surface area contributed by atoms with Crippen molar-refractivity contribution < 1.29 is 19.4 Å². The molecule has 0 spiro atoms. The lowest BCUT2D eigenvalue weighted by Crippen LogP contribution is -2.42. The fourth-order valence-electron chi connectivity index (χ4n) is 2.11. The fraction of sp³-hybridized carbons (Fsp3) is 0.467. The van der Waals surface area contributed by atoms with E-state index in [1.165, 1.54) is 0 Å². The molecule has 1 aromatic carbocycles. The van der Waals surface area contributed by atoms with Gasteiger partial charge in [-0.3, -0.25) is 4.79 Å². The summed E-state index contributed by atoms with van der Waals surface area (Å²) >= 11 is 0. The van der Waals surface area contributed by atoms with Crippen LogP contribution in [0, 0.1) is 20.8 Å². The number of hydrogen-bond acceptors (Lipinski definition) is 3. The van der Waals surface area contributed by atoms with Gasteiger partial charge in [0.15, 0.2) is 6.61 Å². The second-order valence-electron chi connectivity index (χ2n) is 4.88. The summed E-state index contributed by atoms with van der Waals surface area (Å²) in [5, 5.41) is 11.3. The van der Waals surface area contributed by atoms with Crippen LogP contribution in [0.1, 0.15) is 30.0 Å². The minimum Gasteiger partial charge on any atom is -0.483 e. The van der Waals surface area contributed by atoms with Crippen molar-refractivity contribution in [2.45, 2.75) is 40.2 Å². The highest BCUT2D eigenvalue weighted by atomic mass is 16.5. The Labute approximate surface area is 118 Å². The van der Waals surface area contributed by atoms with Crippen molar-refractivity contribution in [1.29, 1.82) is 0 Å². The van der Waals surface area contributed by atoms with Crippen LogP contribution < -0.4 is 10.1 Å². The maximum atomic E-state index is 11.7. The van der Waals surface area contributed by atoms with E-state index in [4.69, 9.17) is 9.84 Å². The smallest absolute Gasteiger partial charge is 0.326 e. The Morgan fingerprint density at radius 2 is 1.80 bits per heavy atom. The zero-order chi connectivity index (χ0) is 15.3. The van der Waals surface area contributed by atoms with Gasteiger partial charge >= 0.3 is 5.97 Å². The molecule has 0 radical (unpaired) electrons. The zero-order valence-corrected chi connectivity index (χ0v) is 12.3. The van der Waals surface area contributed by atoms with Crippen molar-refractivity contribution in [1.82, 2.24) is 5.32 Å². The summed E-state index contributed by atoms with van der Waals surface area (Å²) in [5.74, 6) is -0.795. The van der Waals surface area contributed by atoms with Crippen molar-refractivity contribution in [3.05, 3.63) is 28.8 Å². The van der Waals surface area contributed by atoms with Crippen LogP contribution >= 0.6 is 0 Å². The van der Waals surface area contributed by atoms with Gasteiger partial charge < -0.3 is 15.2 Å². The van der Waals surface area contributed by atoms with Gasteiger partial charge in [0.2, 0.25) is 0 Å². The molecule has 5 heteroatoms. The highest BCUT2D eigenvalue weighted by Gasteiger charge is 2.18. The summed E-state index contributed by atoms with van der Waals surface area (Å²) in [7, 11) is 0. The third kappa shape index (κ3) is 4.26. The molecule has 110 valence electrons. The van der Waals surface area contributed by atoms with Crippen LogP contribution in [-0.2, 0) is 9.59 Å². The summed E-state index contributed by atoms with van der Waals surface area (Å²) in [6, 6.07) is 3.09. The Kier molecular flexibility index (Phi) is 5.55. The van der Waals surface area contributed by atoms with Crippen LogP contribution in [-0.4, -0.2) is 29.6 Å². The number of aliphatic carboxylic acids is 1. The zero-order valence-electron chi connectivity index (χ0n) is 12.3. The highest BCUT2D eigenvalue weighted by Crippen LogP contribution is 2.24. The molecule has 0 unspecified atom stereocenters. The predicted molar refractivity (Wildman–Crippen MR) is 76.0 cm³/mol. The first kappa shape index (κ1) is 16.0. The molecule has 0 aliphatic heterocycles. The molecule has 1 rings (SSSR count). The lowest BCUT2D eigenvalue weighted by Gasteiger charge is -2.15. The van der Waals surface area contributed by atoms with Crippen LogP contribution in [0.15, 0.2) is 12.1 Å². The third-order valence-corrected chi connectivity index (χ3v) is 2.99. The number of hydrogen-bond donors (Lipinski definition) is 2. The molecule has 1 atom stereocenters. The Bertz CT molecular complexity index is 488. The Morgan fingerprint density at radius 3 is 2.25 bits per heavy atom. The molecule has 0 aliphatic carbocycles. The largest absolute Gasteiger partial charge is 0.483 e. The van der Waals surface area contributed by atoms with Crippen molar-refractivity contribution in [3.8, 4) is 5.75 Å². The maximum absolute atomic E-state index is 11.7. The summed E-state index contributed by atoms with van der Waals surface area (Å²) in [4.78, 5) is 22.5. The standard InChI is InChI=1S/C15H21NO4/c1-5-12(15(18)19)16-13(17)8-20-14-10(3)6-9(2)7-11(14)4/h6-7,12H,5,8H2,1-4H3,(H,16,17)(H,18,19)/t12-/m0/s1. The van der Waals surface area contributed by atoms with Gasteiger partial charge in [0.05, 0.1) is 0 Å². The number of ether oxygens (including phenoxy) is 1. The summed E-state index contributed by atoms with van der Waals surface area (Å²) < 4.78 is 5.50. The number of carbonyl (C=O) groups is 2. The minimum atomic E-state index is -1.04. The quantitative estimate of drug-likeness (QED) is 0.834. The van der Waals surface area contributed by atoms with Gasteiger partial charge in [0, 0.05) is 0 Å². The van der Waals surface area contributed by atoms with Gasteiger partial charge in [-0.15, -0.1) is 0 Å². The SMILES string of the molecule is CC[C@H](NC(=O)COc1c(C)cc(C)cc1C)C(=O)O. The van der Waals surface area contributed by atoms with E-state index in [1.54, 1.807) is 6.92 Å². The molecule has 0 aliphatic rings. The first-order valence-electron chi connectivity index (χ1n) is 6.58. The van der Waals surface area contributed by atoms with E-state index in [0.29, 0.717) is 12.2 Å². The number of aryl methyl sites for hydroxylation is 3. The van der Waals surface area contributed by atoms with E-state index < -0.39 is 17.9 Å². The number of amides is 1. The lowest BCUT2D eigenvalue weighted by molar-refractivity contribution is -0.142. The van der Waals surface area contributed by atoms with E-state index in [2.05, 4.69) is 5.32 Å². The van der Waals surface area contributed by atoms with Gasteiger partial charge in [0.25, 0.3) is 5.91 Å². The van der Waals surface area contributed by atoms with Crippen molar-refractivity contribution >= 4 is 11.9 Å². The van der Waals surface area contributed by atoms with Gasteiger partial charge in [-0.25, -0.2) is 4.79 Å². The van der Waals surface area contributed by atoms with Crippen LogP contribution in [0.25, 0.3) is 0 Å². The molecular weight excluding hydrogens is 258 g/mol. The number of carboxylic acid groups (broad SMARTS) is 1. The number of benzene rings is 1. The Hall–Kier alpha value is -2.04. The van der Waals surface area contributed by atoms with E-state index in [1.807, 2.05) is 32.9 Å². The predicted octanol–water partition coefficient (Wildman–Crippen LogP) is 1.97. The van der Waals surface area contributed by atoms with Gasteiger partial charge in [-0.1, -0.05) is 24.6 Å². The third-order valence-electron chi connectivity index (χ3n) is 2.99. The molecule has 2 N–H and O–H groups in total. The lowest BCUT2D eigenvalue weighted by atomic mass is 10.1. The number of carbonyl (C=O) groups excluding carboxylic acids is 1. The van der Waals surface area contributed by atoms with Gasteiger partial charge in [0.1, 0.15) is 11.8 Å². The number of nitrogens with one attached hydrogen (secondary N) is 1. The molecule has 0 fully saturated rings. The van der Waals surface area contributed by atoms with Gasteiger partial charge in [-0.2, -0.15) is 0 Å². The fourth-order valence-corrected chi connectivity index (χ4v) is 2.11. The molecule has 0 saturated carbocycles. The first-order valence-corrected chi connectivity index (χ1v) is 6.58. The summed E-state index contributed by atoms with van der Waals surface area (Å²) in [6.07, 6.45) is 0.337. The van der Waals surface area contributed by atoms with Crippen LogP contribution in [0.2, 0.25) is 0 Å². The second kappa shape index (κ2) is 6.93. The first-order chi connectivity index (χ1) is 9.35. The van der Waals surface area contributed by atoms with Crippen LogP contribution in [0.3, 0.4) is 0 Å². The summed E-state index contributed by atoms with van der Waals surface area (Å²) in [6.45, 7) is 7.34. The topological polar surface area (TPSA) is 75.6 Å². The van der Waals surface area contributed by atoms with Crippen LogP contribution in [0.4, 0.5) is 0 Å². The van der Waals surface area contributed by atoms with Crippen LogP contribution in [0.5, 0.6) is 5.75 Å². The number of rotatable bonds is 6. The monoisotopic (exact) mass is 279 g/mol. The van der Waals surface area contributed by atoms with E-state index >= 15 is 0 Å². The normalized spacial score (nSPS) is 11.8. The van der Waals surface area contributed by atoms with E-state index in [0.717, 1.165) is 16.7 Å². The Balaban J connectivity index is 2.64. The molecule has 5 nitrogen and oxygen atoms in total. The average molecular weight is 279 g/mol. The maximum Gasteiger partial charge on any atom is 0.326 e. The molecule has 1 aromatic rings. The molecule has 0 heterocycles. The molecule has 0 saturated heterocycles. The molecule has 20 heavy (non-hydrogen) atoms. The molecular formula is C15H21NO4.